The predicted molar refractivity (Wildman–Crippen MR) is 162 cm³/mol. The van der Waals surface area contributed by atoms with Crippen LogP contribution in [0, 0.1) is 34.9 Å². The molecule has 0 N–H and O–H groups in total. The van der Waals surface area contributed by atoms with Gasteiger partial charge >= 0.3 is 36.2 Å². The molecule has 0 heterocycles. The lowest BCUT2D eigenvalue weighted by molar-refractivity contribution is -0.470. The summed E-state index contributed by atoms with van der Waals surface area (Å²) in [5, 5.41) is 0. The largest absolute Gasteiger partial charge is 0.487 e. The molecular weight excluding hydrogens is 823 g/mol. The van der Waals surface area contributed by atoms with Gasteiger partial charge in [-0.3, -0.25) is 9.53 Å². The van der Waals surface area contributed by atoms with Gasteiger partial charge in [0.1, 0.15) is 11.4 Å². The predicted octanol–water partition coefficient (Wildman–Crippen LogP) is 12.1. The number of halogens is 17. The maximum Gasteiger partial charge on any atom is 0.462 e. The summed E-state index contributed by atoms with van der Waals surface area (Å²) >= 11 is 0. The standard InChI is InChI=1S/C35H27F17O5/c1-2-3-4-5-6-7-8-9-14-55-28-26(40)24(38)23(25(39)27(28)41)30(54)56-22-13-11-18(16-21(22)37)17-10-12-19(20(36)15-17)29(53)31(42,33(45,46)47)57-35(51,52)32(43,44)34(48,49)50/h10-13,15-16H,2-9,14H2,1H3. The van der Waals surface area contributed by atoms with E-state index in [2.05, 4.69) is 9.47 Å². The van der Waals surface area contributed by atoms with Crippen LogP contribution >= 0.6 is 0 Å². The smallest absolute Gasteiger partial charge is 0.462 e. The Labute approximate surface area is 310 Å². The first-order valence-corrected chi connectivity index (χ1v) is 16.4. The Morgan fingerprint density at radius 1 is 0.596 bits per heavy atom. The molecule has 57 heavy (non-hydrogen) atoms. The first-order chi connectivity index (χ1) is 26.2. The van der Waals surface area contributed by atoms with Crippen molar-refractivity contribution in [2.75, 3.05) is 6.61 Å². The second-order valence-corrected chi connectivity index (χ2v) is 12.1. The van der Waals surface area contributed by atoms with E-state index in [1.54, 1.807) is 0 Å². The van der Waals surface area contributed by atoms with E-state index in [9.17, 15) is 84.2 Å². The number of carbonyl (C=O) groups is 2. The van der Waals surface area contributed by atoms with Crippen LogP contribution in [0.1, 0.15) is 79.0 Å². The quantitative estimate of drug-likeness (QED) is 0.0319. The molecule has 1 unspecified atom stereocenters. The summed E-state index contributed by atoms with van der Waals surface area (Å²) in [6.07, 6.45) is -15.3. The van der Waals surface area contributed by atoms with Gasteiger partial charge in [-0.15, -0.1) is 0 Å². The van der Waals surface area contributed by atoms with Crippen molar-refractivity contribution in [1.82, 2.24) is 0 Å². The molecule has 22 heteroatoms. The summed E-state index contributed by atoms with van der Waals surface area (Å²) < 4.78 is 245. The number of benzene rings is 3. The van der Waals surface area contributed by atoms with E-state index in [0.29, 0.717) is 30.7 Å². The summed E-state index contributed by atoms with van der Waals surface area (Å²) in [7, 11) is 0. The number of hydrogen-bond donors (Lipinski definition) is 0. The third-order valence-corrected chi connectivity index (χ3v) is 8.00. The minimum absolute atomic E-state index is 0.00152. The number of alkyl halides is 11. The molecule has 3 aromatic rings. The zero-order valence-electron chi connectivity index (χ0n) is 28.8. The van der Waals surface area contributed by atoms with Gasteiger partial charge in [-0.1, -0.05) is 64.0 Å². The van der Waals surface area contributed by atoms with Crippen LogP contribution in [0.5, 0.6) is 11.5 Å². The van der Waals surface area contributed by atoms with E-state index in [-0.39, 0.29) is 25.2 Å². The van der Waals surface area contributed by atoms with Gasteiger partial charge in [-0.05, 0) is 41.8 Å². The lowest BCUT2D eigenvalue weighted by Crippen LogP contribution is -2.61. The summed E-state index contributed by atoms with van der Waals surface area (Å²) in [5.74, 6) is -35.4. The topological polar surface area (TPSA) is 61.8 Å². The van der Waals surface area contributed by atoms with Gasteiger partial charge in [0, 0.05) is 0 Å². The van der Waals surface area contributed by atoms with Gasteiger partial charge in [0.15, 0.2) is 29.0 Å². The van der Waals surface area contributed by atoms with Crippen molar-refractivity contribution in [1.29, 1.82) is 0 Å². The van der Waals surface area contributed by atoms with Crippen LogP contribution in [0.25, 0.3) is 11.1 Å². The summed E-state index contributed by atoms with van der Waals surface area (Å²) in [6.45, 7) is 1.69. The third kappa shape index (κ3) is 10.1. The second kappa shape index (κ2) is 17.9. The van der Waals surface area contributed by atoms with Crippen LogP contribution in [0.4, 0.5) is 74.6 Å². The van der Waals surface area contributed by atoms with Crippen molar-refractivity contribution in [2.45, 2.75) is 88.5 Å². The second-order valence-electron chi connectivity index (χ2n) is 12.1. The Morgan fingerprint density at radius 3 is 1.56 bits per heavy atom. The molecule has 0 amide bonds. The fraction of sp³-hybridized carbons (Fsp3) is 0.429. The number of esters is 1. The molecule has 0 saturated carbocycles. The number of rotatable bonds is 18. The first kappa shape index (κ1) is 46.8. The number of ketones is 1. The van der Waals surface area contributed by atoms with E-state index >= 15 is 0 Å². The number of carbonyl (C=O) groups excluding carboxylic acids is 2. The molecule has 0 aliphatic heterocycles. The van der Waals surface area contributed by atoms with Gasteiger partial charge in [-0.2, -0.15) is 57.1 Å². The van der Waals surface area contributed by atoms with Gasteiger partial charge in [0.25, 0.3) is 0 Å². The van der Waals surface area contributed by atoms with Gasteiger partial charge in [-0.25, -0.2) is 22.4 Å². The lowest BCUT2D eigenvalue weighted by Gasteiger charge is -2.34. The summed E-state index contributed by atoms with van der Waals surface area (Å²) in [6, 6.07) is 1.76. The van der Waals surface area contributed by atoms with Crippen molar-refractivity contribution in [3.63, 3.8) is 0 Å². The molecule has 0 aliphatic carbocycles. The normalized spacial score (nSPS) is 13.7. The van der Waals surface area contributed by atoms with Crippen molar-refractivity contribution >= 4 is 11.8 Å². The highest BCUT2D eigenvalue weighted by atomic mass is 19.4. The van der Waals surface area contributed by atoms with Gasteiger partial charge in [0.05, 0.1) is 12.2 Å². The van der Waals surface area contributed by atoms with E-state index in [1.807, 2.05) is 6.92 Å². The fourth-order valence-electron chi connectivity index (χ4n) is 4.93. The number of hydrogen-bond acceptors (Lipinski definition) is 5. The van der Waals surface area contributed by atoms with Crippen LogP contribution in [0.3, 0.4) is 0 Å². The minimum atomic E-state index is -7.50. The van der Waals surface area contributed by atoms with Crippen LogP contribution in [0.15, 0.2) is 36.4 Å². The highest BCUT2D eigenvalue weighted by Gasteiger charge is 2.79. The van der Waals surface area contributed by atoms with Crippen LogP contribution in [-0.2, 0) is 4.74 Å². The molecular formula is C35H27F17O5. The van der Waals surface area contributed by atoms with Crippen LogP contribution < -0.4 is 9.47 Å². The molecule has 0 fully saturated rings. The Bertz CT molecular complexity index is 1900. The monoisotopic (exact) mass is 850 g/mol. The Kier molecular flexibility index (Phi) is 14.7. The Hall–Kier alpha value is -4.63. The zero-order valence-corrected chi connectivity index (χ0v) is 28.8. The number of ether oxygens (including phenoxy) is 3. The lowest BCUT2D eigenvalue weighted by atomic mass is 9.98. The molecule has 0 saturated heterocycles. The van der Waals surface area contributed by atoms with Gasteiger partial charge < -0.3 is 9.47 Å². The molecule has 316 valence electrons. The molecule has 1 atom stereocenters. The maximum absolute atomic E-state index is 14.9. The first-order valence-electron chi connectivity index (χ1n) is 16.4. The van der Waals surface area contributed by atoms with Crippen LogP contribution in [0.2, 0.25) is 0 Å². The fourth-order valence-corrected chi connectivity index (χ4v) is 4.93. The van der Waals surface area contributed by atoms with Crippen molar-refractivity contribution in [2.24, 2.45) is 0 Å². The molecule has 3 rings (SSSR count). The minimum Gasteiger partial charge on any atom is -0.487 e. The molecule has 0 aromatic heterocycles. The molecule has 0 radical (unpaired) electrons. The van der Waals surface area contributed by atoms with Crippen LogP contribution in [-0.4, -0.2) is 48.6 Å². The zero-order chi connectivity index (χ0) is 43.3. The number of Topliss-reactive ketones (excluding diaryl/α,β-unsaturated/α-hetero) is 1. The molecule has 0 bridgehead atoms. The molecule has 3 aromatic carbocycles. The third-order valence-electron chi connectivity index (χ3n) is 8.00. The average molecular weight is 851 g/mol. The Morgan fingerprint density at radius 2 is 1.09 bits per heavy atom. The van der Waals surface area contributed by atoms with E-state index in [4.69, 9.17) is 4.74 Å². The Balaban J connectivity index is 1.80. The summed E-state index contributed by atoms with van der Waals surface area (Å²) in [4.78, 5) is 24.7. The molecule has 5 nitrogen and oxygen atoms in total. The van der Waals surface area contributed by atoms with Crippen molar-refractivity contribution in [3.8, 4) is 22.6 Å². The summed E-state index contributed by atoms with van der Waals surface area (Å²) in [5.41, 5.74) is -5.38. The highest BCUT2D eigenvalue weighted by molar-refractivity contribution is 6.02. The van der Waals surface area contributed by atoms with Crippen molar-refractivity contribution in [3.05, 3.63) is 82.4 Å². The number of unbranched alkanes of at least 4 members (excludes halogenated alkanes) is 7. The SMILES string of the molecule is CCCCCCCCCCOc1c(F)c(F)c(C(=O)Oc2ccc(-c3ccc(C(=O)C(F)(OC(F)(F)C(F)(F)C(F)(F)F)C(F)(F)F)c(F)c3)cc2F)c(F)c1F. The average Bonchev–Trinajstić information content (AvgIpc) is 3.10. The molecule has 0 aliphatic rings. The van der Waals surface area contributed by atoms with E-state index in [1.165, 1.54) is 0 Å². The molecule has 0 spiro atoms. The maximum atomic E-state index is 14.9. The van der Waals surface area contributed by atoms with Crippen molar-refractivity contribution < 1.29 is 98.4 Å². The highest BCUT2D eigenvalue weighted by Crippen LogP contribution is 2.52. The van der Waals surface area contributed by atoms with E-state index in [0.717, 1.165) is 38.5 Å². The van der Waals surface area contributed by atoms with Gasteiger partial charge in [0.2, 0.25) is 17.4 Å². The van der Waals surface area contributed by atoms with E-state index < -0.39 is 111 Å².